The first-order chi connectivity index (χ1) is 20.4. The second kappa shape index (κ2) is 9.69. The lowest BCUT2D eigenvalue weighted by atomic mass is 9.50. The van der Waals surface area contributed by atoms with Gasteiger partial charge < -0.3 is 38.6 Å². The molecule has 0 aromatic heterocycles. The molecule has 0 radical (unpaired) electrons. The molecule has 216 valence electrons. The molecular weight excluding hydrogens is 536 g/mol. The summed E-state index contributed by atoms with van der Waals surface area (Å²) in [7, 11) is 6.53. The van der Waals surface area contributed by atoms with Gasteiger partial charge in [-0.1, -0.05) is 18.2 Å². The molecule has 2 aliphatic heterocycles. The number of methoxy groups -OCH3 is 4. The minimum absolute atomic E-state index is 0.0464. The summed E-state index contributed by atoms with van der Waals surface area (Å²) in [5.74, 6) is 3.82. The lowest BCUT2D eigenvalue weighted by Gasteiger charge is -2.56. The summed E-state index contributed by atoms with van der Waals surface area (Å²) >= 11 is 0. The van der Waals surface area contributed by atoms with E-state index in [4.69, 9.17) is 28.4 Å². The van der Waals surface area contributed by atoms with Gasteiger partial charge in [0.2, 0.25) is 0 Å². The Labute approximate surface area is 244 Å². The van der Waals surface area contributed by atoms with Crippen LogP contribution < -0.4 is 28.4 Å². The van der Waals surface area contributed by atoms with Crippen LogP contribution in [-0.4, -0.2) is 51.9 Å². The average Bonchev–Trinajstić information content (AvgIpc) is 3.02. The van der Waals surface area contributed by atoms with E-state index in [-0.39, 0.29) is 29.3 Å². The zero-order valence-corrected chi connectivity index (χ0v) is 23.8. The Bertz CT molecular complexity index is 1700. The molecule has 1 aliphatic carbocycles. The number of benzene rings is 4. The molecule has 7 rings (SSSR count). The highest BCUT2D eigenvalue weighted by Crippen LogP contribution is 2.67. The van der Waals surface area contributed by atoms with Gasteiger partial charge in [0.25, 0.3) is 0 Å². The van der Waals surface area contributed by atoms with Crippen LogP contribution >= 0.6 is 0 Å². The molecule has 4 unspecified atom stereocenters. The van der Waals surface area contributed by atoms with Crippen molar-refractivity contribution in [2.75, 3.05) is 41.7 Å². The van der Waals surface area contributed by atoms with Gasteiger partial charge in [-0.3, -0.25) is 0 Å². The topological polar surface area (TPSA) is 95.8 Å². The summed E-state index contributed by atoms with van der Waals surface area (Å²) in [5.41, 5.74) is 4.37. The van der Waals surface area contributed by atoms with Crippen LogP contribution in [0.2, 0.25) is 0 Å². The highest BCUT2D eigenvalue weighted by molar-refractivity contribution is 5.66. The van der Waals surface area contributed by atoms with Crippen molar-refractivity contribution in [2.24, 2.45) is 0 Å². The molecule has 4 aromatic rings. The van der Waals surface area contributed by atoms with Gasteiger partial charge in [-0.2, -0.15) is 0 Å². The van der Waals surface area contributed by atoms with Gasteiger partial charge in [0.05, 0.1) is 40.5 Å². The number of ether oxygens (including phenoxy) is 6. The Kier molecular flexibility index (Phi) is 6.04. The maximum atomic E-state index is 10.4. The molecular formula is C34H32O8. The fraction of sp³-hybridized carbons (Fsp3) is 0.294. The molecule has 0 fully saturated rings. The molecule has 8 nitrogen and oxygen atoms in total. The van der Waals surface area contributed by atoms with E-state index >= 15 is 0 Å². The third kappa shape index (κ3) is 3.60. The lowest BCUT2D eigenvalue weighted by molar-refractivity contribution is 0.124. The third-order valence-corrected chi connectivity index (χ3v) is 9.22. The monoisotopic (exact) mass is 568 g/mol. The molecule has 0 saturated carbocycles. The minimum atomic E-state index is -0.716. The van der Waals surface area contributed by atoms with Gasteiger partial charge in [-0.25, -0.2) is 0 Å². The normalized spacial score (nSPS) is 23.0. The lowest BCUT2D eigenvalue weighted by Crippen LogP contribution is -2.52. The summed E-state index contributed by atoms with van der Waals surface area (Å²) in [6.07, 6.45) is 0. The van der Waals surface area contributed by atoms with Gasteiger partial charge in [0.1, 0.15) is 29.6 Å². The smallest absolute Gasteiger partial charge is 0.161 e. The van der Waals surface area contributed by atoms with E-state index in [1.807, 2.05) is 24.3 Å². The van der Waals surface area contributed by atoms with Crippen LogP contribution in [0.5, 0.6) is 46.0 Å². The molecule has 8 heteroatoms. The molecule has 2 heterocycles. The zero-order chi connectivity index (χ0) is 29.2. The zero-order valence-electron chi connectivity index (χ0n) is 23.8. The molecule has 3 aliphatic rings. The van der Waals surface area contributed by atoms with Crippen molar-refractivity contribution in [2.45, 2.75) is 23.2 Å². The standard InChI is InChI=1S/C34H32O8/c1-37-26-10-5-18(11-29(26)38-2)34-17-42-28-13-20(36)7-9-22(28)33(34)32-21-8-6-19(35)12-27(21)41-16-24(32)23-14-30(39-3)31(40-4)15-25(23)34/h5-15,24,32-33,35-36H,16-17H2,1-4H3. The van der Waals surface area contributed by atoms with E-state index in [2.05, 4.69) is 18.2 Å². The van der Waals surface area contributed by atoms with Crippen molar-refractivity contribution in [3.8, 4) is 46.0 Å². The number of phenols is 2. The van der Waals surface area contributed by atoms with E-state index in [1.165, 1.54) is 0 Å². The Morgan fingerprint density at radius 3 is 1.95 bits per heavy atom. The van der Waals surface area contributed by atoms with E-state index < -0.39 is 5.41 Å². The Morgan fingerprint density at radius 2 is 1.26 bits per heavy atom. The van der Waals surface area contributed by atoms with E-state index in [0.29, 0.717) is 47.7 Å². The van der Waals surface area contributed by atoms with Crippen LogP contribution in [-0.2, 0) is 5.41 Å². The number of aromatic hydroxyl groups is 2. The van der Waals surface area contributed by atoms with Crippen LogP contribution in [0.4, 0.5) is 0 Å². The van der Waals surface area contributed by atoms with Crippen LogP contribution in [0.25, 0.3) is 0 Å². The molecule has 0 amide bonds. The van der Waals surface area contributed by atoms with E-state index in [0.717, 1.165) is 27.8 Å². The molecule has 0 spiro atoms. The van der Waals surface area contributed by atoms with Crippen molar-refractivity contribution in [3.05, 3.63) is 94.5 Å². The SMILES string of the molecule is COc1ccc(C23COc4cc(O)ccc4C2C2c4ccc(O)cc4OCC2c2cc(OC)c(OC)cc23)cc1OC. The largest absolute Gasteiger partial charge is 0.508 e. The quantitative estimate of drug-likeness (QED) is 0.309. The molecule has 42 heavy (non-hydrogen) atoms. The number of hydrogen-bond acceptors (Lipinski definition) is 8. The number of phenolic OH excluding ortho intramolecular Hbond substituents is 2. The summed E-state index contributed by atoms with van der Waals surface area (Å²) < 4.78 is 35.9. The van der Waals surface area contributed by atoms with E-state index in [9.17, 15) is 10.2 Å². The fourth-order valence-electron chi connectivity index (χ4n) is 7.44. The second-order valence-corrected chi connectivity index (χ2v) is 11.0. The summed E-state index contributed by atoms with van der Waals surface area (Å²) in [5, 5.41) is 20.7. The Balaban J connectivity index is 1.61. The van der Waals surface area contributed by atoms with Crippen LogP contribution in [0.15, 0.2) is 66.7 Å². The summed E-state index contributed by atoms with van der Waals surface area (Å²) in [6, 6.07) is 20.9. The summed E-state index contributed by atoms with van der Waals surface area (Å²) in [6.45, 7) is 0.708. The predicted octanol–water partition coefficient (Wildman–Crippen LogP) is 5.87. The van der Waals surface area contributed by atoms with Crippen LogP contribution in [0.3, 0.4) is 0 Å². The van der Waals surface area contributed by atoms with Crippen molar-refractivity contribution in [1.82, 2.24) is 0 Å². The molecule has 4 aromatic carbocycles. The molecule has 4 atom stereocenters. The molecule has 2 N–H and O–H groups in total. The van der Waals surface area contributed by atoms with Crippen molar-refractivity contribution in [1.29, 1.82) is 0 Å². The minimum Gasteiger partial charge on any atom is -0.508 e. The number of rotatable bonds is 5. The third-order valence-electron chi connectivity index (χ3n) is 9.22. The highest BCUT2D eigenvalue weighted by Gasteiger charge is 2.59. The highest BCUT2D eigenvalue weighted by atomic mass is 16.5. The maximum Gasteiger partial charge on any atom is 0.161 e. The Hall–Kier alpha value is -4.72. The average molecular weight is 569 g/mol. The van der Waals surface area contributed by atoms with Crippen molar-refractivity contribution >= 4 is 0 Å². The Morgan fingerprint density at radius 1 is 0.643 bits per heavy atom. The van der Waals surface area contributed by atoms with Gasteiger partial charge in [-0.05, 0) is 64.2 Å². The van der Waals surface area contributed by atoms with Gasteiger partial charge in [-0.15, -0.1) is 0 Å². The molecule has 0 saturated heterocycles. The first-order valence-corrected chi connectivity index (χ1v) is 13.8. The number of fused-ring (bicyclic) bond motifs is 10. The predicted molar refractivity (Wildman–Crippen MR) is 155 cm³/mol. The van der Waals surface area contributed by atoms with E-state index in [1.54, 1.807) is 52.7 Å². The fourth-order valence-corrected chi connectivity index (χ4v) is 7.44. The molecule has 0 bridgehead atoms. The van der Waals surface area contributed by atoms with Crippen LogP contribution in [0.1, 0.15) is 45.6 Å². The first-order valence-electron chi connectivity index (χ1n) is 13.8. The van der Waals surface area contributed by atoms with Gasteiger partial charge >= 0.3 is 0 Å². The maximum absolute atomic E-state index is 10.4. The van der Waals surface area contributed by atoms with Crippen molar-refractivity contribution < 1.29 is 38.6 Å². The van der Waals surface area contributed by atoms with Crippen molar-refractivity contribution in [3.63, 3.8) is 0 Å². The second-order valence-electron chi connectivity index (χ2n) is 11.0. The van der Waals surface area contributed by atoms with Gasteiger partial charge in [0.15, 0.2) is 23.0 Å². The first kappa shape index (κ1) is 26.2. The van der Waals surface area contributed by atoms with Gasteiger partial charge in [0, 0.05) is 29.9 Å². The van der Waals surface area contributed by atoms with Crippen LogP contribution in [0, 0.1) is 0 Å². The number of hydrogen-bond donors (Lipinski definition) is 2. The summed E-state index contributed by atoms with van der Waals surface area (Å²) in [4.78, 5) is 0.